The van der Waals surface area contributed by atoms with Gasteiger partial charge in [-0.2, -0.15) is 0 Å². The number of hydrogen-bond acceptors (Lipinski definition) is 4. The Labute approximate surface area is 154 Å². The smallest absolute Gasteiger partial charge is 0.302 e. The Balaban J connectivity index is 2.03. The summed E-state index contributed by atoms with van der Waals surface area (Å²) in [5.74, 6) is -0.167. The van der Waals surface area contributed by atoms with Crippen molar-refractivity contribution in [2.45, 2.75) is 78.1 Å². The Bertz CT molecular complexity index is 437. The van der Waals surface area contributed by atoms with Gasteiger partial charge in [-0.15, -0.1) is 0 Å². The number of carbonyl (C=O) groups excluding carboxylic acids is 1. The number of carbonyl (C=O) groups is 1. The van der Waals surface area contributed by atoms with E-state index < -0.39 is 0 Å². The van der Waals surface area contributed by atoms with Crippen LogP contribution in [0.5, 0.6) is 0 Å². The van der Waals surface area contributed by atoms with Crippen LogP contribution in [0.2, 0.25) is 0 Å². The van der Waals surface area contributed by atoms with E-state index in [1.807, 2.05) is 12.4 Å². The number of pyridine rings is 1. The molecule has 0 unspecified atom stereocenters. The van der Waals surface area contributed by atoms with E-state index in [4.69, 9.17) is 4.74 Å². The van der Waals surface area contributed by atoms with Crippen molar-refractivity contribution in [2.75, 3.05) is 24.6 Å². The van der Waals surface area contributed by atoms with E-state index in [1.54, 1.807) is 0 Å². The van der Waals surface area contributed by atoms with Crippen LogP contribution in [0.15, 0.2) is 24.5 Å². The van der Waals surface area contributed by atoms with Gasteiger partial charge in [0, 0.05) is 38.1 Å². The van der Waals surface area contributed by atoms with Gasteiger partial charge in [0.15, 0.2) is 0 Å². The maximum Gasteiger partial charge on any atom is 0.302 e. The highest BCUT2D eigenvalue weighted by Crippen LogP contribution is 2.15. The molecule has 0 N–H and O–H groups in total. The standard InChI is InChI=1S/C21H36N2O2/c1-3-4-17-23(21-13-15-22-16-14-21)18-11-9-7-5-6-8-10-12-19-25-20(2)24/h13-16H,3-12,17-19H2,1-2H3. The number of unbranched alkanes of at least 4 members (excludes halogenated alkanes) is 8. The number of rotatable bonds is 15. The van der Waals surface area contributed by atoms with Crippen LogP contribution in [0.1, 0.15) is 78.1 Å². The van der Waals surface area contributed by atoms with Gasteiger partial charge >= 0.3 is 5.97 Å². The molecular weight excluding hydrogens is 312 g/mol. The third-order valence-corrected chi connectivity index (χ3v) is 4.44. The summed E-state index contributed by atoms with van der Waals surface area (Å²) < 4.78 is 4.94. The maximum atomic E-state index is 10.6. The first-order valence-electron chi connectivity index (χ1n) is 10.0. The molecule has 0 atom stereocenters. The highest BCUT2D eigenvalue weighted by Gasteiger charge is 2.05. The molecule has 0 aliphatic carbocycles. The van der Waals surface area contributed by atoms with E-state index in [2.05, 4.69) is 28.9 Å². The zero-order valence-electron chi connectivity index (χ0n) is 16.2. The molecule has 1 rings (SSSR count). The van der Waals surface area contributed by atoms with Crippen molar-refractivity contribution in [3.05, 3.63) is 24.5 Å². The average Bonchev–Trinajstić information content (AvgIpc) is 2.62. The van der Waals surface area contributed by atoms with E-state index in [-0.39, 0.29) is 5.97 Å². The number of anilines is 1. The monoisotopic (exact) mass is 348 g/mol. The predicted octanol–water partition coefficient (Wildman–Crippen LogP) is 5.37. The first-order chi connectivity index (χ1) is 12.2. The lowest BCUT2D eigenvalue weighted by Gasteiger charge is -2.24. The first kappa shape index (κ1) is 21.5. The summed E-state index contributed by atoms with van der Waals surface area (Å²) in [5.41, 5.74) is 1.30. The lowest BCUT2D eigenvalue weighted by Crippen LogP contribution is -2.25. The van der Waals surface area contributed by atoms with E-state index >= 15 is 0 Å². The van der Waals surface area contributed by atoms with Crippen LogP contribution in [-0.4, -0.2) is 30.6 Å². The Kier molecular flexibility index (Phi) is 12.7. The van der Waals surface area contributed by atoms with Gasteiger partial charge in [0.2, 0.25) is 0 Å². The molecule has 0 spiro atoms. The molecule has 0 aliphatic heterocycles. The van der Waals surface area contributed by atoms with Crippen LogP contribution in [0.4, 0.5) is 5.69 Å². The second-order valence-electron chi connectivity index (χ2n) is 6.71. The van der Waals surface area contributed by atoms with Crippen molar-refractivity contribution >= 4 is 11.7 Å². The normalized spacial score (nSPS) is 10.6. The minimum absolute atomic E-state index is 0.167. The molecule has 0 bridgehead atoms. The molecule has 1 aromatic rings. The van der Waals surface area contributed by atoms with Crippen LogP contribution in [-0.2, 0) is 9.53 Å². The van der Waals surface area contributed by atoms with Crippen LogP contribution >= 0.6 is 0 Å². The highest BCUT2D eigenvalue weighted by molar-refractivity contribution is 5.65. The molecular formula is C21H36N2O2. The topological polar surface area (TPSA) is 42.4 Å². The summed E-state index contributed by atoms with van der Waals surface area (Å²) in [7, 11) is 0. The largest absolute Gasteiger partial charge is 0.466 e. The molecule has 1 aromatic heterocycles. The third kappa shape index (κ3) is 11.6. The molecule has 0 fully saturated rings. The average molecular weight is 349 g/mol. The summed E-state index contributed by atoms with van der Waals surface area (Å²) in [6.07, 6.45) is 16.2. The lowest BCUT2D eigenvalue weighted by atomic mass is 10.1. The molecule has 0 amide bonds. The third-order valence-electron chi connectivity index (χ3n) is 4.44. The second-order valence-corrected chi connectivity index (χ2v) is 6.71. The van der Waals surface area contributed by atoms with Crippen molar-refractivity contribution in [3.63, 3.8) is 0 Å². The Morgan fingerprint density at radius 1 is 0.920 bits per heavy atom. The van der Waals surface area contributed by atoms with Gasteiger partial charge in [-0.1, -0.05) is 51.9 Å². The summed E-state index contributed by atoms with van der Waals surface area (Å²) in [6, 6.07) is 4.23. The van der Waals surface area contributed by atoms with Crippen LogP contribution in [0, 0.1) is 0 Å². The molecule has 0 aliphatic rings. The zero-order valence-corrected chi connectivity index (χ0v) is 16.2. The van der Waals surface area contributed by atoms with E-state index in [9.17, 15) is 4.79 Å². The molecule has 4 heteroatoms. The van der Waals surface area contributed by atoms with Crippen molar-refractivity contribution < 1.29 is 9.53 Å². The van der Waals surface area contributed by atoms with Crippen molar-refractivity contribution in [1.82, 2.24) is 4.98 Å². The molecule has 0 saturated carbocycles. The second kappa shape index (κ2) is 14.7. The number of esters is 1. The van der Waals surface area contributed by atoms with E-state index in [0.717, 1.165) is 19.5 Å². The Morgan fingerprint density at radius 2 is 1.48 bits per heavy atom. The van der Waals surface area contributed by atoms with Crippen molar-refractivity contribution in [1.29, 1.82) is 0 Å². The maximum absolute atomic E-state index is 10.6. The SMILES string of the molecule is CCCCN(CCCCCCCCCCOC(C)=O)c1ccncc1. The molecule has 142 valence electrons. The molecule has 0 aromatic carbocycles. The molecule has 0 radical (unpaired) electrons. The fraction of sp³-hybridized carbons (Fsp3) is 0.714. The van der Waals surface area contributed by atoms with Gasteiger partial charge in [-0.25, -0.2) is 0 Å². The number of nitrogens with zero attached hydrogens (tertiary/aromatic N) is 2. The number of aromatic nitrogens is 1. The number of ether oxygens (including phenoxy) is 1. The molecule has 1 heterocycles. The number of hydrogen-bond donors (Lipinski definition) is 0. The fourth-order valence-electron chi connectivity index (χ4n) is 2.96. The van der Waals surface area contributed by atoms with E-state index in [1.165, 1.54) is 70.4 Å². The quantitative estimate of drug-likeness (QED) is 0.315. The molecule has 0 saturated heterocycles. The highest BCUT2D eigenvalue weighted by atomic mass is 16.5. The first-order valence-corrected chi connectivity index (χ1v) is 10.0. The van der Waals surface area contributed by atoms with Gasteiger partial charge in [0.1, 0.15) is 0 Å². The van der Waals surface area contributed by atoms with Crippen molar-refractivity contribution in [2.24, 2.45) is 0 Å². The summed E-state index contributed by atoms with van der Waals surface area (Å²) in [4.78, 5) is 17.3. The van der Waals surface area contributed by atoms with Crippen LogP contribution in [0.3, 0.4) is 0 Å². The van der Waals surface area contributed by atoms with Crippen LogP contribution < -0.4 is 4.90 Å². The fourth-order valence-corrected chi connectivity index (χ4v) is 2.96. The Morgan fingerprint density at radius 3 is 2.08 bits per heavy atom. The van der Waals surface area contributed by atoms with Gasteiger partial charge in [-0.3, -0.25) is 9.78 Å². The summed E-state index contributed by atoms with van der Waals surface area (Å²) in [5, 5.41) is 0. The minimum Gasteiger partial charge on any atom is -0.466 e. The van der Waals surface area contributed by atoms with Gasteiger partial charge in [0.25, 0.3) is 0 Å². The van der Waals surface area contributed by atoms with Crippen molar-refractivity contribution in [3.8, 4) is 0 Å². The summed E-state index contributed by atoms with van der Waals surface area (Å²) in [6.45, 7) is 6.59. The van der Waals surface area contributed by atoms with E-state index in [0.29, 0.717) is 6.61 Å². The molecule has 4 nitrogen and oxygen atoms in total. The van der Waals surface area contributed by atoms with Crippen LogP contribution in [0.25, 0.3) is 0 Å². The minimum atomic E-state index is -0.167. The zero-order chi connectivity index (χ0) is 18.2. The van der Waals surface area contributed by atoms with Gasteiger partial charge < -0.3 is 9.64 Å². The lowest BCUT2D eigenvalue weighted by molar-refractivity contribution is -0.141. The predicted molar refractivity (Wildman–Crippen MR) is 105 cm³/mol. The van der Waals surface area contributed by atoms with Gasteiger partial charge in [0.05, 0.1) is 6.61 Å². The summed E-state index contributed by atoms with van der Waals surface area (Å²) >= 11 is 0. The van der Waals surface area contributed by atoms with Gasteiger partial charge in [-0.05, 0) is 31.4 Å². The molecule has 25 heavy (non-hydrogen) atoms. The Hall–Kier alpha value is -1.58.